The number of aromatic nitrogens is 2. The molecule has 0 aromatic carbocycles. The van der Waals surface area contributed by atoms with Crippen LogP contribution < -0.4 is 10.6 Å². The van der Waals surface area contributed by atoms with Crippen LogP contribution in [0, 0.1) is 12.8 Å². The Balaban J connectivity index is 1.91. The van der Waals surface area contributed by atoms with E-state index in [-0.39, 0.29) is 0 Å². The molecular weight excluding hydrogens is 228 g/mol. The van der Waals surface area contributed by atoms with Gasteiger partial charge in [0.2, 0.25) is 0 Å². The van der Waals surface area contributed by atoms with Crippen LogP contribution in [0.3, 0.4) is 0 Å². The van der Waals surface area contributed by atoms with E-state index in [4.69, 9.17) is 4.74 Å². The summed E-state index contributed by atoms with van der Waals surface area (Å²) in [6.45, 7) is 7.59. The largest absolute Gasteiger partial charge is 0.381 e. The topological polar surface area (TPSA) is 59.1 Å². The second-order valence-electron chi connectivity index (χ2n) is 4.65. The van der Waals surface area contributed by atoms with E-state index in [2.05, 4.69) is 27.5 Å². The molecule has 1 fully saturated rings. The van der Waals surface area contributed by atoms with Gasteiger partial charge >= 0.3 is 0 Å². The second kappa shape index (κ2) is 6.54. The van der Waals surface area contributed by atoms with E-state index in [0.29, 0.717) is 5.92 Å². The Bertz CT molecular complexity index is 377. The molecule has 2 rings (SSSR count). The van der Waals surface area contributed by atoms with Gasteiger partial charge in [-0.3, -0.25) is 0 Å². The highest BCUT2D eigenvalue weighted by atomic mass is 16.5. The van der Waals surface area contributed by atoms with Gasteiger partial charge in [-0.2, -0.15) is 0 Å². The summed E-state index contributed by atoms with van der Waals surface area (Å²) in [6.07, 6.45) is 2.27. The molecule has 0 aliphatic carbocycles. The van der Waals surface area contributed by atoms with Gasteiger partial charge in [-0.15, -0.1) is 0 Å². The smallest absolute Gasteiger partial charge is 0.131 e. The van der Waals surface area contributed by atoms with E-state index < -0.39 is 0 Å². The Morgan fingerprint density at radius 1 is 1.22 bits per heavy atom. The predicted octanol–water partition coefficient (Wildman–Crippen LogP) is 2.06. The number of hydrogen-bond donors (Lipinski definition) is 2. The fraction of sp³-hybridized carbons (Fsp3) is 0.692. The van der Waals surface area contributed by atoms with Crippen molar-refractivity contribution in [2.75, 3.05) is 36.9 Å². The van der Waals surface area contributed by atoms with Crippen molar-refractivity contribution in [3.8, 4) is 0 Å². The van der Waals surface area contributed by atoms with Crippen molar-refractivity contribution in [3.63, 3.8) is 0 Å². The molecule has 0 unspecified atom stereocenters. The summed E-state index contributed by atoms with van der Waals surface area (Å²) in [7, 11) is 0. The molecular formula is C13H22N4O. The summed E-state index contributed by atoms with van der Waals surface area (Å²) < 4.78 is 5.36. The monoisotopic (exact) mass is 250 g/mol. The molecule has 5 heteroatoms. The Labute approximate surface area is 108 Å². The molecule has 0 radical (unpaired) electrons. The van der Waals surface area contributed by atoms with Crippen LogP contribution in [0.15, 0.2) is 6.07 Å². The molecule has 18 heavy (non-hydrogen) atoms. The number of rotatable bonds is 5. The first-order chi connectivity index (χ1) is 8.78. The fourth-order valence-electron chi connectivity index (χ4n) is 2.13. The highest BCUT2D eigenvalue weighted by molar-refractivity contribution is 5.47. The molecule has 5 nitrogen and oxygen atoms in total. The third-order valence-electron chi connectivity index (χ3n) is 3.11. The van der Waals surface area contributed by atoms with E-state index in [1.54, 1.807) is 0 Å². The molecule has 1 aliphatic rings. The third-order valence-corrected chi connectivity index (χ3v) is 3.11. The molecule has 100 valence electrons. The van der Waals surface area contributed by atoms with Gasteiger partial charge in [-0.05, 0) is 32.6 Å². The zero-order valence-corrected chi connectivity index (χ0v) is 11.2. The number of ether oxygens (including phenoxy) is 1. The number of nitrogens with zero attached hydrogens (tertiary/aromatic N) is 2. The van der Waals surface area contributed by atoms with Crippen molar-refractivity contribution in [2.45, 2.75) is 26.7 Å². The maximum absolute atomic E-state index is 5.36. The highest BCUT2D eigenvalue weighted by Gasteiger charge is 2.13. The van der Waals surface area contributed by atoms with Gasteiger partial charge in [0.15, 0.2) is 0 Å². The van der Waals surface area contributed by atoms with E-state index in [1.165, 1.54) is 0 Å². The second-order valence-corrected chi connectivity index (χ2v) is 4.65. The zero-order valence-electron chi connectivity index (χ0n) is 11.2. The molecule has 0 bridgehead atoms. The highest BCUT2D eigenvalue weighted by Crippen LogP contribution is 2.16. The summed E-state index contributed by atoms with van der Waals surface area (Å²) >= 11 is 0. The Kier molecular flexibility index (Phi) is 4.75. The number of nitrogens with one attached hydrogen (secondary N) is 2. The van der Waals surface area contributed by atoms with E-state index in [9.17, 15) is 0 Å². The normalized spacial score (nSPS) is 16.6. The lowest BCUT2D eigenvalue weighted by Gasteiger charge is -2.22. The van der Waals surface area contributed by atoms with Crippen LogP contribution in [0.5, 0.6) is 0 Å². The van der Waals surface area contributed by atoms with Crippen molar-refractivity contribution in [3.05, 3.63) is 11.9 Å². The van der Waals surface area contributed by atoms with Crippen LogP contribution in [-0.2, 0) is 4.74 Å². The fourth-order valence-corrected chi connectivity index (χ4v) is 2.13. The molecule has 0 saturated carbocycles. The molecule has 1 saturated heterocycles. The van der Waals surface area contributed by atoms with Gasteiger partial charge in [-0.1, -0.05) is 0 Å². The van der Waals surface area contributed by atoms with Crippen LogP contribution in [0.2, 0.25) is 0 Å². The average Bonchev–Trinajstić information content (AvgIpc) is 2.37. The zero-order chi connectivity index (χ0) is 12.8. The van der Waals surface area contributed by atoms with Crippen molar-refractivity contribution in [2.24, 2.45) is 5.92 Å². The van der Waals surface area contributed by atoms with Crippen molar-refractivity contribution < 1.29 is 4.74 Å². The van der Waals surface area contributed by atoms with Crippen molar-refractivity contribution in [1.82, 2.24) is 9.97 Å². The molecule has 0 atom stereocenters. The quantitative estimate of drug-likeness (QED) is 0.837. The van der Waals surface area contributed by atoms with Gasteiger partial charge in [0, 0.05) is 32.4 Å². The van der Waals surface area contributed by atoms with E-state index >= 15 is 0 Å². The average molecular weight is 250 g/mol. The summed E-state index contributed by atoms with van der Waals surface area (Å²) in [6, 6.07) is 1.97. The SMILES string of the molecule is CCNc1cc(NCC2CCOCC2)nc(C)n1. The molecule has 0 spiro atoms. The van der Waals surface area contributed by atoms with Crippen LogP contribution in [0.25, 0.3) is 0 Å². The maximum Gasteiger partial charge on any atom is 0.131 e. The van der Waals surface area contributed by atoms with E-state index in [1.807, 2.05) is 13.0 Å². The minimum absolute atomic E-state index is 0.691. The summed E-state index contributed by atoms with van der Waals surface area (Å²) in [4.78, 5) is 8.74. The lowest BCUT2D eigenvalue weighted by Crippen LogP contribution is -2.23. The van der Waals surface area contributed by atoms with Gasteiger partial charge < -0.3 is 15.4 Å². The summed E-state index contributed by atoms with van der Waals surface area (Å²) in [5.41, 5.74) is 0. The Hall–Kier alpha value is -1.36. The van der Waals surface area contributed by atoms with Crippen LogP contribution in [-0.4, -0.2) is 36.3 Å². The molecule has 1 aromatic rings. The first-order valence-electron chi connectivity index (χ1n) is 6.69. The van der Waals surface area contributed by atoms with Crippen LogP contribution in [0.1, 0.15) is 25.6 Å². The van der Waals surface area contributed by atoms with Gasteiger partial charge in [0.1, 0.15) is 17.5 Å². The number of hydrogen-bond acceptors (Lipinski definition) is 5. The molecule has 1 aromatic heterocycles. The summed E-state index contributed by atoms with van der Waals surface area (Å²) in [5.74, 6) is 3.28. The minimum Gasteiger partial charge on any atom is -0.381 e. The minimum atomic E-state index is 0.691. The number of anilines is 2. The van der Waals surface area contributed by atoms with Gasteiger partial charge in [0.05, 0.1) is 0 Å². The Morgan fingerprint density at radius 3 is 2.56 bits per heavy atom. The molecule has 0 amide bonds. The van der Waals surface area contributed by atoms with Crippen molar-refractivity contribution in [1.29, 1.82) is 0 Å². The lowest BCUT2D eigenvalue weighted by molar-refractivity contribution is 0.0699. The molecule has 2 heterocycles. The standard InChI is InChI=1S/C13H22N4O/c1-3-14-12-8-13(17-10(2)16-12)15-9-11-4-6-18-7-5-11/h8,11H,3-7,9H2,1-2H3,(H2,14,15,16,17). The summed E-state index contributed by atoms with van der Waals surface area (Å²) in [5, 5.41) is 6.62. The molecule has 2 N–H and O–H groups in total. The van der Waals surface area contributed by atoms with Gasteiger partial charge in [-0.25, -0.2) is 9.97 Å². The maximum atomic E-state index is 5.36. The number of aryl methyl sites for hydroxylation is 1. The first-order valence-corrected chi connectivity index (χ1v) is 6.69. The Morgan fingerprint density at radius 2 is 1.89 bits per heavy atom. The third kappa shape index (κ3) is 3.84. The lowest BCUT2D eigenvalue weighted by atomic mass is 10.0. The van der Waals surface area contributed by atoms with Gasteiger partial charge in [0.25, 0.3) is 0 Å². The van der Waals surface area contributed by atoms with E-state index in [0.717, 1.165) is 56.6 Å². The van der Waals surface area contributed by atoms with Crippen molar-refractivity contribution >= 4 is 11.6 Å². The predicted molar refractivity (Wildman–Crippen MR) is 73.0 cm³/mol. The first kappa shape index (κ1) is 13.1. The van der Waals surface area contributed by atoms with Crippen LogP contribution in [0.4, 0.5) is 11.6 Å². The molecule has 1 aliphatic heterocycles. The van der Waals surface area contributed by atoms with Crippen LogP contribution >= 0.6 is 0 Å².